The van der Waals surface area contributed by atoms with E-state index in [0.717, 1.165) is 40.6 Å². The summed E-state index contributed by atoms with van der Waals surface area (Å²) in [5.41, 5.74) is 2.96. The lowest BCUT2D eigenvalue weighted by atomic mass is 9.76. The van der Waals surface area contributed by atoms with Gasteiger partial charge in [0.05, 0.1) is 19.8 Å². The summed E-state index contributed by atoms with van der Waals surface area (Å²) in [6.45, 7) is 6.16. The van der Waals surface area contributed by atoms with Gasteiger partial charge in [0.15, 0.2) is 6.10 Å². The molecule has 2 aromatic carbocycles. The average Bonchev–Trinajstić information content (AvgIpc) is 2.82. The number of aryl methyl sites for hydroxylation is 1. The van der Waals surface area contributed by atoms with Crippen molar-refractivity contribution < 1.29 is 33.2 Å². The molecule has 0 aliphatic heterocycles. The number of benzene rings is 2. The average molecular weight is 487 g/mol. The minimum atomic E-state index is -4.62. The Labute approximate surface area is 197 Å². The molecule has 8 heteroatoms. The van der Waals surface area contributed by atoms with Gasteiger partial charge in [0.25, 0.3) is 0 Å². The molecular formula is C25H33F3O4S. The van der Waals surface area contributed by atoms with Gasteiger partial charge in [-0.2, -0.15) is 13.2 Å². The predicted molar refractivity (Wildman–Crippen MR) is 125 cm³/mol. The standard InChI is InChI=1S/C25H33F3O4S/c1-4-17-11-20(8-10-22(17)33-15-23(31)25(26,27)28)24(5-2,6-3)16-32-21-9-7-18(13-29)19(12-21)14-30/h7-12,23,29-31H,4-6,13-16H2,1-3H3. The van der Waals surface area contributed by atoms with Gasteiger partial charge in [0.2, 0.25) is 0 Å². The van der Waals surface area contributed by atoms with Crippen molar-refractivity contribution in [1.29, 1.82) is 0 Å². The number of halogens is 3. The van der Waals surface area contributed by atoms with Gasteiger partial charge in [0.1, 0.15) is 5.75 Å². The SMILES string of the molecule is CCc1cc(C(CC)(CC)COc2ccc(CO)c(CO)c2)ccc1SCC(O)C(F)(F)F. The van der Waals surface area contributed by atoms with E-state index in [2.05, 4.69) is 13.8 Å². The smallest absolute Gasteiger partial charge is 0.415 e. The molecule has 3 N–H and O–H groups in total. The molecule has 33 heavy (non-hydrogen) atoms. The molecule has 0 aromatic heterocycles. The van der Waals surface area contributed by atoms with Gasteiger partial charge in [-0.1, -0.05) is 39.0 Å². The predicted octanol–water partition coefficient (Wildman–Crippen LogP) is 5.39. The fourth-order valence-electron chi connectivity index (χ4n) is 3.75. The molecule has 184 valence electrons. The van der Waals surface area contributed by atoms with Crippen LogP contribution in [0.4, 0.5) is 13.2 Å². The van der Waals surface area contributed by atoms with Crippen molar-refractivity contribution >= 4 is 11.8 Å². The van der Waals surface area contributed by atoms with Crippen molar-refractivity contribution in [3.8, 4) is 5.75 Å². The zero-order chi connectivity index (χ0) is 24.6. The van der Waals surface area contributed by atoms with E-state index in [-0.39, 0.29) is 18.6 Å². The van der Waals surface area contributed by atoms with Crippen LogP contribution in [0.1, 0.15) is 55.9 Å². The minimum Gasteiger partial charge on any atom is -0.493 e. The van der Waals surface area contributed by atoms with E-state index in [1.54, 1.807) is 18.2 Å². The van der Waals surface area contributed by atoms with Crippen LogP contribution >= 0.6 is 11.8 Å². The number of aliphatic hydroxyl groups is 3. The molecule has 0 aliphatic carbocycles. The van der Waals surface area contributed by atoms with Crippen LogP contribution in [0, 0.1) is 0 Å². The Morgan fingerprint density at radius 2 is 1.58 bits per heavy atom. The zero-order valence-corrected chi connectivity index (χ0v) is 20.1. The number of aliphatic hydroxyl groups excluding tert-OH is 3. The maximum absolute atomic E-state index is 12.7. The maximum Gasteiger partial charge on any atom is 0.415 e. The quantitative estimate of drug-likeness (QED) is 0.351. The Balaban J connectivity index is 2.24. The highest BCUT2D eigenvalue weighted by molar-refractivity contribution is 7.99. The van der Waals surface area contributed by atoms with E-state index in [1.165, 1.54) is 0 Å². The Morgan fingerprint density at radius 3 is 2.12 bits per heavy atom. The van der Waals surface area contributed by atoms with E-state index in [4.69, 9.17) is 4.74 Å². The lowest BCUT2D eigenvalue weighted by molar-refractivity contribution is -0.195. The molecule has 2 aromatic rings. The molecule has 0 heterocycles. The van der Waals surface area contributed by atoms with Gasteiger partial charge in [-0.05, 0) is 59.7 Å². The number of ether oxygens (including phenoxy) is 1. The number of alkyl halides is 3. The molecule has 0 spiro atoms. The summed E-state index contributed by atoms with van der Waals surface area (Å²) in [5.74, 6) is 0.162. The molecule has 0 amide bonds. The summed E-state index contributed by atoms with van der Waals surface area (Å²) in [6, 6.07) is 11.0. The van der Waals surface area contributed by atoms with Crippen LogP contribution in [0.3, 0.4) is 0 Å². The first-order valence-corrected chi connectivity index (χ1v) is 12.1. The van der Waals surface area contributed by atoms with E-state index in [0.29, 0.717) is 29.9 Å². The second-order valence-corrected chi connectivity index (χ2v) is 9.13. The summed E-state index contributed by atoms with van der Waals surface area (Å²) < 4.78 is 44.1. The van der Waals surface area contributed by atoms with Crippen LogP contribution in [0.2, 0.25) is 0 Å². The Hall–Kier alpha value is -1.74. The fourth-order valence-corrected chi connectivity index (χ4v) is 4.83. The van der Waals surface area contributed by atoms with Crippen LogP contribution in [0.15, 0.2) is 41.3 Å². The van der Waals surface area contributed by atoms with Crippen LogP contribution in [-0.2, 0) is 25.0 Å². The molecule has 0 radical (unpaired) electrons. The van der Waals surface area contributed by atoms with E-state index in [9.17, 15) is 28.5 Å². The molecule has 1 unspecified atom stereocenters. The summed E-state index contributed by atoms with van der Waals surface area (Å²) in [6.07, 6.45) is -4.72. The first-order chi connectivity index (χ1) is 15.6. The van der Waals surface area contributed by atoms with Crippen LogP contribution < -0.4 is 4.74 Å². The van der Waals surface area contributed by atoms with Crippen molar-refractivity contribution in [3.63, 3.8) is 0 Å². The van der Waals surface area contributed by atoms with Gasteiger partial charge in [-0.15, -0.1) is 11.8 Å². The van der Waals surface area contributed by atoms with Crippen LogP contribution in [-0.4, -0.2) is 40.0 Å². The first-order valence-electron chi connectivity index (χ1n) is 11.1. The highest BCUT2D eigenvalue weighted by atomic mass is 32.2. The van der Waals surface area contributed by atoms with Crippen molar-refractivity contribution in [1.82, 2.24) is 0 Å². The topological polar surface area (TPSA) is 69.9 Å². The highest BCUT2D eigenvalue weighted by Crippen LogP contribution is 2.37. The van der Waals surface area contributed by atoms with E-state index >= 15 is 0 Å². The number of thioether (sulfide) groups is 1. The van der Waals surface area contributed by atoms with Crippen LogP contribution in [0.25, 0.3) is 0 Å². The zero-order valence-electron chi connectivity index (χ0n) is 19.3. The highest BCUT2D eigenvalue weighted by Gasteiger charge is 2.38. The molecule has 4 nitrogen and oxygen atoms in total. The van der Waals surface area contributed by atoms with Gasteiger partial charge >= 0.3 is 6.18 Å². The van der Waals surface area contributed by atoms with E-state index < -0.39 is 18.0 Å². The fraction of sp³-hybridized carbons (Fsp3) is 0.520. The maximum atomic E-state index is 12.7. The largest absolute Gasteiger partial charge is 0.493 e. The molecular weight excluding hydrogens is 453 g/mol. The van der Waals surface area contributed by atoms with Gasteiger partial charge in [-0.25, -0.2) is 0 Å². The summed E-state index contributed by atoms with van der Waals surface area (Å²) in [7, 11) is 0. The van der Waals surface area contributed by atoms with Crippen molar-refractivity contribution in [2.24, 2.45) is 0 Å². The minimum absolute atomic E-state index is 0.159. The third-order valence-electron chi connectivity index (χ3n) is 6.22. The van der Waals surface area contributed by atoms with Crippen molar-refractivity contribution in [2.75, 3.05) is 12.4 Å². The summed E-state index contributed by atoms with van der Waals surface area (Å²) >= 11 is 1.01. The van der Waals surface area contributed by atoms with Crippen molar-refractivity contribution in [3.05, 3.63) is 58.7 Å². The second kappa shape index (κ2) is 12.1. The van der Waals surface area contributed by atoms with Gasteiger partial charge < -0.3 is 20.1 Å². The Kier molecular flexibility index (Phi) is 10.1. The number of rotatable bonds is 12. The van der Waals surface area contributed by atoms with Gasteiger partial charge in [0, 0.05) is 16.1 Å². The van der Waals surface area contributed by atoms with Crippen LogP contribution in [0.5, 0.6) is 5.75 Å². The third-order valence-corrected chi connectivity index (χ3v) is 7.41. The molecule has 0 saturated carbocycles. The summed E-state index contributed by atoms with van der Waals surface area (Å²) in [5, 5.41) is 28.2. The molecule has 0 bridgehead atoms. The molecule has 2 rings (SSSR count). The number of hydrogen-bond donors (Lipinski definition) is 3. The molecule has 1 atom stereocenters. The monoisotopic (exact) mass is 486 g/mol. The molecule has 0 saturated heterocycles. The van der Waals surface area contributed by atoms with Gasteiger partial charge in [-0.3, -0.25) is 0 Å². The lowest BCUT2D eigenvalue weighted by Crippen LogP contribution is -2.32. The normalized spacial score (nSPS) is 13.2. The second-order valence-electron chi connectivity index (χ2n) is 8.07. The lowest BCUT2D eigenvalue weighted by Gasteiger charge is -2.33. The Morgan fingerprint density at radius 1 is 0.909 bits per heavy atom. The van der Waals surface area contributed by atoms with Crippen molar-refractivity contribution in [2.45, 2.75) is 75.8 Å². The third kappa shape index (κ3) is 6.88. The first kappa shape index (κ1) is 27.5. The van der Waals surface area contributed by atoms with E-state index in [1.807, 2.05) is 25.1 Å². The molecule has 0 fully saturated rings. The number of hydrogen-bond acceptors (Lipinski definition) is 5. The summed E-state index contributed by atoms with van der Waals surface area (Å²) in [4.78, 5) is 0.735. The molecule has 0 aliphatic rings. The Bertz CT molecular complexity index is 898.